The van der Waals surface area contributed by atoms with Crippen LogP contribution in [0.4, 0.5) is 24.7 Å². The van der Waals surface area contributed by atoms with E-state index in [4.69, 9.17) is 4.74 Å². The fourth-order valence-corrected chi connectivity index (χ4v) is 3.98. The van der Waals surface area contributed by atoms with Crippen molar-refractivity contribution in [3.63, 3.8) is 0 Å². The summed E-state index contributed by atoms with van der Waals surface area (Å²) in [5.41, 5.74) is 0.247. The minimum absolute atomic E-state index is 0.0112. The van der Waals surface area contributed by atoms with Crippen molar-refractivity contribution in [1.82, 2.24) is 10.3 Å². The van der Waals surface area contributed by atoms with E-state index in [9.17, 15) is 22.8 Å². The number of carbonyl (C=O) groups is 2. The second-order valence-electron chi connectivity index (χ2n) is 8.08. The highest BCUT2D eigenvalue weighted by Gasteiger charge is 2.33. The lowest BCUT2D eigenvalue weighted by Crippen LogP contribution is -2.29. The topological polar surface area (TPSA) is 71.5 Å². The Balaban J connectivity index is 0.00000391. The first-order valence-corrected chi connectivity index (χ1v) is 13.6. The van der Waals surface area contributed by atoms with Crippen LogP contribution in [-0.2, 0) is 20.5 Å². The van der Waals surface area contributed by atoms with Gasteiger partial charge in [0.2, 0.25) is 0 Å². The van der Waals surface area contributed by atoms with Crippen molar-refractivity contribution in [1.29, 1.82) is 0 Å². The maximum atomic E-state index is 13.9. The standard InChI is InChI=1S/C28H32F3N3O3S.C2H4/c1-5-7-8-10-13-20(3)32-24(16-21(4)35)34(23-14-11-9-12-15-23)25-17-22(28(29,30)31)18-26(33-25)38-19-27(36)37-6-2;1-2/h7-9,11-18,32H,5-6,10,19H2,1-4H3;1-2H2/b8-7-,20-13+,24-16-;. The monoisotopic (exact) mass is 575 g/mol. The van der Waals surface area contributed by atoms with E-state index < -0.39 is 17.7 Å². The fraction of sp³-hybridized carbons (Fsp3) is 0.300. The molecule has 1 heterocycles. The summed E-state index contributed by atoms with van der Waals surface area (Å²) in [4.78, 5) is 29.9. The van der Waals surface area contributed by atoms with Gasteiger partial charge in [-0.2, -0.15) is 13.2 Å². The molecule has 2 rings (SSSR count). The van der Waals surface area contributed by atoms with Gasteiger partial charge < -0.3 is 10.1 Å². The van der Waals surface area contributed by atoms with Gasteiger partial charge in [0.15, 0.2) is 5.78 Å². The van der Waals surface area contributed by atoms with Crippen LogP contribution in [0.3, 0.4) is 0 Å². The Morgan fingerprint density at radius 1 is 1.10 bits per heavy atom. The SMILES string of the molecule is C=C.CC/C=C\C/C=C(\C)N/C(=C/C(C)=O)N(c1ccccc1)c1cc(C(F)(F)F)cc(SCC(=O)OCC)n1. The maximum absolute atomic E-state index is 13.9. The number of para-hydroxylation sites is 1. The molecular weight excluding hydrogens is 539 g/mol. The number of thioether (sulfide) groups is 1. The molecule has 0 amide bonds. The number of alkyl halides is 3. The maximum Gasteiger partial charge on any atom is 0.416 e. The average molecular weight is 576 g/mol. The number of ketones is 1. The molecule has 0 unspecified atom stereocenters. The van der Waals surface area contributed by atoms with E-state index in [2.05, 4.69) is 23.5 Å². The normalized spacial score (nSPS) is 12.0. The highest BCUT2D eigenvalue weighted by Crippen LogP contribution is 2.37. The predicted octanol–water partition coefficient (Wildman–Crippen LogP) is 7.98. The number of pyridine rings is 1. The lowest BCUT2D eigenvalue weighted by atomic mass is 10.2. The molecule has 0 bridgehead atoms. The van der Waals surface area contributed by atoms with E-state index >= 15 is 0 Å². The number of benzene rings is 1. The summed E-state index contributed by atoms with van der Waals surface area (Å²) in [6.07, 6.45) is 4.10. The largest absolute Gasteiger partial charge is 0.465 e. The molecule has 0 aliphatic carbocycles. The van der Waals surface area contributed by atoms with Crippen LogP contribution in [0.15, 0.2) is 96.5 Å². The molecule has 10 heteroatoms. The molecule has 2 aromatic rings. The van der Waals surface area contributed by atoms with Gasteiger partial charge in [-0.3, -0.25) is 14.5 Å². The third-order valence-corrected chi connectivity index (χ3v) is 5.76. The number of aromatic nitrogens is 1. The van der Waals surface area contributed by atoms with Crippen molar-refractivity contribution in [3.8, 4) is 0 Å². The number of ether oxygens (including phenoxy) is 1. The van der Waals surface area contributed by atoms with Crippen LogP contribution in [0.25, 0.3) is 0 Å². The molecule has 0 fully saturated rings. The summed E-state index contributed by atoms with van der Waals surface area (Å²) in [5.74, 6) is -0.916. The van der Waals surface area contributed by atoms with Crippen LogP contribution in [0.2, 0.25) is 0 Å². The van der Waals surface area contributed by atoms with Gasteiger partial charge in [0.25, 0.3) is 0 Å². The molecule has 1 aromatic carbocycles. The van der Waals surface area contributed by atoms with Gasteiger partial charge in [-0.25, -0.2) is 4.98 Å². The number of rotatable bonds is 13. The van der Waals surface area contributed by atoms with Crippen molar-refractivity contribution in [2.24, 2.45) is 0 Å². The van der Waals surface area contributed by atoms with Crippen LogP contribution in [0.1, 0.15) is 46.1 Å². The number of anilines is 2. The first-order valence-electron chi connectivity index (χ1n) is 12.6. The molecule has 0 saturated heterocycles. The van der Waals surface area contributed by atoms with Gasteiger partial charge >= 0.3 is 12.1 Å². The Morgan fingerprint density at radius 3 is 2.35 bits per heavy atom. The minimum atomic E-state index is -4.67. The number of hydrogen-bond donors (Lipinski definition) is 1. The van der Waals surface area contributed by atoms with Crippen molar-refractivity contribution in [2.75, 3.05) is 17.3 Å². The number of halogens is 3. The summed E-state index contributed by atoms with van der Waals surface area (Å²) in [7, 11) is 0. The van der Waals surface area contributed by atoms with Crippen LogP contribution in [0.5, 0.6) is 0 Å². The Bertz CT molecular complexity index is 1200. The average Bonchev–Trinajstić information content (AvgIpc) is 2.91. The van der Waals surface area contributed by atoms with Crippen LogP contribution in [-0.4, -0.2) is 29.1 Å². The summed E-state index contributed by atoms with van der Waals surface area (Å²) in [6.45, 7) is 13.0. The van der Waals surface area contributed by atoms with E-state index in [1.807, 2.05) is 25.2 Å². The Hall–Kier alpha value is -3.79. The molecule has 0 aliphatic heterocycles. The predicted molar refractivity (Wildman–Crippen MR) is 156 cm³/mol. The highest BCUT2D eigenvalue weighted by molar-refractivity contribution is 7.99. The molecular formula is C30H36F3N3O3S. The van der Waals surface area contributed by atoms with Gasteiger partial charge in [0.05, 0.1) is 22.9 Å². The molecule has 0 atom stereocenters. The first kappa shape index (κ1) is 34.2. The van der Waals surface area contributed by atoms with Gasteiger partial charge in [-0.1, -0.05) is 55.1 Å². The number of nitrogens with zero attached hydrogens (tertiary/aromatic N) is 2. The summed E-state index contributed by atoms with van der Waals surface area (Å²) >= 11 is 0.843. The number of carbonyl (C=O) groups excluding carboxylic acids is 2. The van der Waals surface area contributed by atoms with E-state index in [0.29, 0.717) is 17.8 Å². The van der Waals surface area contributed by atoms with E-state index in [0.717, 1.165) is 30.3 Å². The zero-order valence-electron chi connectivity index (χ0n) is 23.3. The fourth-order valence-electron chi connectivity index (χ4n) is 3.26. The van der Waals surface area contributed by atoms with E-state index in [-0.39, 0.29) is 34.8 Å². The summed E-state index contributed by atoms with van der Waals surface area (Å²) in [6, 6.07) is 10.4. The lowest BCUT2D eigenvalue weighted by Gasteiger charge is -2.28. The molecule has 0 radical (unpaired) electrons. The number of allylic oxidation sites excluding steroid dienone is 5. The van der Waals surface area contributed by atoms with Gasteiger partial charge in [0.1, 0.15) is 11.6 Å². The highest BCUT2D eigenvalue weighted by atomic mass is 32.2. The summed E-state index contributed by atoms with van der Waals surface area (Å²) in [5, 5.41) is 3.15. The van der Waals surface area contributed by atoms with Crippen molar-refractivity contribution in [2.45, 2.75) is 51.7 Å². The third-order valence-electron chi connectivity index (χ3n) is 4.87. The van der Waals surface area contributed by atoms with Crippen LogP contribution < -0.4 is 10.2 Å². The number of esters is 1. The molecule has 0 spiro atoms. The number of nitrogens with one attached hydrogen (secondary N) is 1. The van der Waals surface area contributed by atoms with Gasteiger partial charge in [-0.15, -0.1) is 13.2 Å². The second-order valence-corrected chi connectivity index (χ2v) is 9.08. The lowest BCUT2D eigenvalue weighted by molar-refractivity contribution is -0.140. The Labute approximate surface area is 238 Å². The van der Waals surface area contributed by atoms with Gasteiger partial charge in [0, 0.05) is 17.5 Å². The second kappa shape index (κ2) is 17.7. The van der Waals surface area contributed by atoms with Crippen LogP contribution in [0, 0.1) is 0 Å². The quantitative estimate of drug-likeness (QED) is 0.112. The zero-order chi connectivity index (χ0) is 30.1. The molecule has 0 saturated carbocycles. The van der Waals surface area contributed by atoms with Gasteiger partial charge in [-0.05, 0) is 57.9 Å². The zero-order valence-corrected chi connectivity index (χ0v) is 24.1. The van der Waals surface area contributed by atoms with E-state index in [1.165, 1.54) is 17.9 Å². The third kappa shape index (κ3) is 11.9. The Morgan fingerprint density at radius 2 is 1.77 bits per heavy atom. The minimum Gasteiger partial charge on any atom is -0.465 e. The van der Waals surface area contributed by atoms with Crippen molar-refractivity contribution >= 4 is 35.0 Å². The smallest absolute Gasteiger partial charge is 0.416 e. The molecule has 1 N–H and O–H groups in total. The Kier molecular flexibility index (Phi) is 15.2. The molecule has 1 aromatic heterocycles. The molecule has 40 heavy (non-hydrogen) atoms. The summed E-state index contributed by atoms with van der Waals surface area (Å²) < 4.78 is 46.6. The van der Waals surface area contributed by atoms with E-state index in [1.54, 1.807) is 44.2 Å². The van der Waals surface area contributed by atoms with Crippen LogP contribution >= 0.6 is 11.8 Å². The molecule has 0 aliphatic rings. The molecule has 6 nitrogen and oxygen atoms in total. The van der Waals surface area contributed by atoms with Crippen molar-refractivity contribution < 1.29 is 27.5 Å². The number of hydrogen-bond acceptors (Lipinski definition) is 7. The first-order chi connectivity index (χ1) is 19.0. The molecule has 216 valence electrons. The van der Waals surface area contributed by atoms with Crippen molar-refractivity contribution in [3.05, 3.63) is 97.0 Å².